The van der Waals surface area contributed by atoms with Gasteiger partial charge in [0.05, 0.1) is 0 Å². The monoisotopic (exact) mass is 343 g/mol. The van der Waals surface area contributed by atoms with Crippen LogP contribution in [-0.4, -0.2) is 8.24 Å². The van der Waals surface area contributed by atoms with Crippen molar-refractivity contribution in [2.75, 3.05) is 0 Å². The molecule has 0 saturated carbocycles. The van der Waals surface area contributed by atoms with Crippen LogP contribution in [0.15, 0.2) is 78.9 Å². The molecule has 1 aliphatic rings. The zero-order chi connectivity index (χ0) is 17.4. The lowest BCUT2D eigenvalue weighted by atomic mass is 10.1. The van der Waals surface area contributed by atoms with Crippen LogP contribution in [0, 0.1) is 0 Å². The second-order valence-electron chi connectivity index (χ2n) is 7.61. The van der Waals surface area contributed by atoms with Crippen LogP contribution in [0.2, 0.25) is 13.1 Å². The molecule has 0 radical (unpaired) electrons. The summed E-state index contributed by atoms with van der Waals surface area (Å²) in [5.74, 6) is 0. The Hall–Kier alpha value is -2.16. The summed E-state index contributed by atoms with van der Waals surface area (Å²) in [4.78, 5) is 4.04. The highest BCUT2D eigenvalue weighted by Crippen LogP contribution is 2.48. The van der Waals surface area contributed by atoms with E-state index < -0.39 is 8.24 Å². The quantitative estimate of drug-likeness (QED) is 0.582. The molecule has 0 aliphatic heterocycles. The molecule has 0 heterocycles. The maximum absolute atomic E-state index is 4.04. The number of benzene rings is 3. The molecular formula is C23H25NSi. The molecule has 0 unspecified atom stereocenters. The molecule has 0 fully saturated rings. The maximum atomic E-state index is 4.04. The molecule has 4 rings (SSSR count). The van der Waals surface area contributed by atoms with Crippen LogP contribution in [0.1, 0.15) is 35.2 Å². The molecule has 0 saturated heterocycles. The number of rotatable bonds is 4. The van der Waals surface area contributed by atoms with Gasteiger partial charge in [0.1, 0.15) is 8.24 Å². The topological polar surface area (TPSA) is 12.0 Å². The van der Waals surface area contributed by atoms with Gasteiger partial charge in [-0.25, -0.2) is 0 Å². The highest BCUT2D eigenvalue weighted by Gasteiger charge is 2.41. The molecule has 1 N–H and O–H groups in total. The molecule has 0 aromatic heterocycles. The number of hydrogen-bond donors (Lipinski definition) is 1. The molecule has 1 nitrogen and oxygen atoms in total. The van der Waals surface area contributed by atoms with Crippen LogP contribution in [0.25, 0.3) is 11.1 Å². The van der Waals surface area contributed by atoms with Gasteiger partial charge < -0.3 is 4.98 Å². The summed E-state index contributed by atoms with van der Waals surface area (Å²) >= 11 is 0. The van der Waals surface area contributed by atoms with E-state index in [1.54, 1.807) is 0 Å². The predicted molar refractivity (Wildman–Crippen MR) is 109 cm³/mol. The largest absolute Gasteiger partial charge is 0.330 e. The second-order valence-corrected chi connectivity index (χ2v) is 11.9. The van der Waals surface area contributed by atoms with Crippen molar-refractivity contribution in [3.63, 3.8) is 0 Å². The van der Waals surface area contributed by atoms with Crippen LogP contribution in [0.3, 0.4) is 0 Å². The highest BCUT2D eigenvalue weighted by molar-refractivity contribution is 6.77. The highest BCUT2D eigenvalue weighted by atomic mass is 28.3. The summed E-state index contributed by atoms with van der Waals surface area (Å²) in [6.07, 6.45) is 0. The predicted octanol–water partition coefficient (Wildman–Crippen LogP) is 5.89. The van der Waals surface area contributed by atoms with Crippen LogP contribution >= 0.6 is 0 Å². The van der Waals surface area contributed by atoms with Crippen molar-refractivity contribution in [2.45, 2.75) is 31.6 Å². The van der Waals surface area contributed by atoms with Crippen molar-refractivity contribution in [3.05, 3.63) is 95.6 Å². The molecule has 1 aliphatic carbocycles. The molecule has 126 valence electrons. The van der Waals surface area contributed by atoms with Gasteiger partial charge in [0.25, 0.3) is 0 Å². The van der Waals surface area contributed by atoms with Gasteiger partial charge in [-0.15, -0.1) is 0 Å². The molecule has 1 atom stereocenters. The zero-order valence-corrected chi connectivity index (χ0v) is 16.2. The van der Waals surface area contributed by atoms with E-state index in [4.69, 9.17) is 0 Å². The smallest absolute Gasteiger partial charge is 0.131 e. The van der Waals surface area contributed by atoms with Gasteiger partial charge in [0.15, 0.2) is 0 Å². The fourth-order valence-electron chi connectivity index (χ4n) is 4.40. The molecule has 0 amide bonds. The Morgan fingerprint density at radius 2 is 1.20 bits per heavy atom. The minimum Gasteiger partial charge on any atom is -0.330 e. The van der Waals surface area contributed by atoms with Crippen LogP contribution < -0.4 is 4.98 Å². The normalized spacial score (nSPS) is 14.8. The molecular weight excluding hydrogens is 318 g/mol. The van der Waals surface area contributed by atoms with E-state index in [0.717, 1.165) is 0 Å². The first-order valence-electron chi connectivity index (χ1n) is 9.09. The van der Waals surface area contributed by atoms with Gasteiger partial charge in [-0.3, -0.25) is 0 Å². The van der Waals surface area contributed by atoms with Crippen molar-refractivity contribution in [1.29, 1.82) is 0 Å². The summed E-state index contributed by atoms with van der Waals surface area (Å²) in [5, 5.41) is 0. The summed E-state index contributed by atoms with van der Waals surface area (Å²) < 4.78 is 0. The maximum Gasteiger partial charge on any atom is 0.131 e. The molecule has 25 heavy (non-hydrogen) atoms. The first kappa shape index (κ1) is 16.3. The van der Waals surface area contributed by atoms with Crippen LogP contribution in [0.5, 0.6) is 0 Å². The van der Waals surface area contributed by atoms with Gasteiger partial charge in [0.2, 0.25) is 0 Å². The second kappa shape index (κ2) is 6.29. The van der Waals surface area contributed by atoms with E-state index in [1.807, 2.05) is 0 Å². The Bertz CT molecular complexity index is 840. The Morgan fingerprint density at radius 1 is 0.720 bits per heavy atom. The van der Waals surface area contributed by atoms with E-state index >= 15 is 0 Å². The number of fused-ring (bicyclic) bond motifs is 3. The minimum atomic E-state index is -1.77. The van der Waals surface area contributed by atoms with E-state index in [1.165, 1.54) is 27.8 Å². The lowest BCUT2D eigenvalue weighted by Gasteiger charge is -2.35. The Kier molecular flexibility index (Phi) is 4.10. The number of nitrogens with one attached hydrogen (secondary N) is 1. The molecule has 0 spiro atoms. The van der Waals surface area contributed by atoms with Gasteiger partial charge in [-0.05, 0) is 34.7 Å². The lowest BCUT2D eigenvalue weighted by molar-refractivity contribution is 0.705. The average molecular weight is 344 g/mol. The van der Waals surface area contributed by atoms with Crippen molar-refractivity contribution < 1.29 is 0 Å². The summed E-state index contributed by atoms with van der Waals surface area (Å²) in [6.45, 7) is 7.23. The zero-order valence-electron chi connectivity index (χ0n) is 15.2. The third-order valence-electron chi connectivity index (χ3n) is 5.44. The third kappa shape index (κ3) is 2.86. The van der Waals surface area contributed by atoms with E-state index in [2.05, 4.69) is 104 Å². The summed E-state index contributed by atoms with van der Waals surface area (Å²) in [7, 11) is -1.77. The Morgan fingerprint density at radius 3 is 1.76 bits per heavy atom. The van der Waals surface area contributed by atoms with E-state index in [9.17, 15) is 0 Å². The SMILES string of the molecule is C[C@@H](N[Si](C)(C)C1c2ccccc2-c2ccccc21)c1ccccc1. The lowest BCUT2D eigenvalue weighted by Crippen LogP contribution is -2.51. The van der Waals surface area contributed by atoms with Crippen molar-refractivity contribution >= 4 is 8.24 Å². The molecule has 3 aromatic rings. The fourth-order valence-corrected chi connectivity index (χ4v) is 7.91. The fraction of sp³-hybridized carbons (Fsp3) is 0.217. The van der Waals surface area contributed by atoms with E-state index in [-0.39, 0.29) is 0 Å². The molecule has 0 bridgehead atoms. The Labute approximate surface area is 151 Å². The van der Waals surface area contributed by atoms with Crippen LogP contribution in [0.4, 0.5) is 0 Å². The summed E-state index contributed by atoms with van der Waals surface area (Å²) in [5.41, 5.74) is 7.67. The van der Waals surface area contributed by atoms with Crippen molar-refractivity contribution in [2.24, 2.45) is 0 Å². The molecule has 2 heteroatoms. The molecule has 3 aromatic carbocycles. The minimum absolute atomic E-state index is 0.364. The van der Waals surface area contributed by atoms with Gasteiger partial charge >= 0.3 is 0 Å². The van der Waals surface area contributed by atoms with Gasteiger partial charge in [-0.1, -0.05) is 92.0 Å². The Balaban J connectivity index is 1.73. The summed E-state index contributed by atoms with van der Waals surface area (Å²) in [6, 6.07) is 29.0. The van der Waals surface area contributed by atoms with E-state index in [0.29, 0.717) is 11.6 Å². The first-order valence-corrected chi connectivity index (χ1v) is 12.2. The van der Waals surface area contributed by atoms with Gasteiger partial charge in [0, 0.05) is 11.6 Å². The average Bonchev–Trinajstić information content (AvgIpc) is 2.97. The van der Waals surface area contributed by atoms with Crippen molar-refractivity contribution in [3.8, 4) is 11.1 Å². The van der Waals surface area contributed by atoms with Crippen molar-refractivity contribution in [1.82, 2.24) is 4.98 Å². The van der Waals surface area contributed by atoms with Crippen LogP contribution in [-0.2, 0) is 0 Å². The first-order chi connectivity index (χ1) is 12.1. The van der Waals surface area contributed by atoms with Gasteiger partial charge in [-0.2, -0.15) is 0 Å². The third-order valence-corrected chi connectivity index (χ3v) is 8.69. The number of hydrogen-bond acceptors (Lipinski definition) is 1. The standard InChI is InChI=1S/C23H25NSi/c1-17(18-11-5-4-6-12-18)24-25(2,3)23-21-15-9-7-13-19(21)20-14-8-10-16-22(20)23/h4-17,23-24H,1-3H3/t17-/m1/s1.